The summed E-state index contributed by atoms with van der Waals surface area (Å²) in [4.78, 5) is 61.1. The molecular formula is C39H39F4N9O6S. The average Bonchev–Trinajstić information content (AvgIpc) is 3.44. The number of imide groups is 2. The van der Waals surface area contributed by atoms with Gasteiger partial charge in [0.05, 0.1) is 23.1 Å². The van der Waals surface area contributed by atoms with E-state index in [2.05, 4.69) is 36.1 Å². The zero-order valence-electron chi connectivity index (χ0n) is 31.8. The number of piperidine rings is 2. The maximum atomic E-state index is 15.3. The van der Waals surface area contributed by atoms with Gasteiger partial charge in [-0.25, -0.2) is 17.8 Å². The van der Waals surface area contributed by atoms with Crippen LogP contribution in [0.3, 0.4) is 0 Å². The molecule has 0 spiro atoms. The van der Waals surface area contributed by atoms with Crippen LogP contribution in [-0.4, -0.2) is 85.4 Å². The largest absolute Gasteiger partial charge is 0.421 e. The fourth-order valence-corrected chi connectivity index (χ4v) is 7.67. The zero-order valence-corrected chi connectivity index (χ0v) is 32.6. The fraction of sp³-hybridized carbons (Fsp3) is 0.333. The minimum atomic E-state index is -4.79. The van der Waals surface area contributed by atoms with Crippen LogP contribution in [0.25, 0.3) is 0 Å². The number of carbonyl (C=O) groups excluding carboxylic acids is 4. The number of fused-ring (bicyclic) bond motifs is 1. The number of alkyl halides is 3. The van der Waals surface area contributed by atoms with Crippen LogP contribution in [-0.2, 0) is 38.9 Å². The monoisotopic (exact) mass is 837 g/mol. The number of rotatable bonds is 12. The van der Waals surface area contributed by atoms with Crippen LogP contribution in [0.15, 0.2) is 66.9 Å². The van der Waals surface area contributed by atoms with Crippen molar-refractivity contribution in [1.82, 2.24) is 25.5 Å². The SMILES string of the molecule is CN(c1cccc(CNc2nc(Nc3ccc(CNC4CCN(c5ccc6c(c5)C(=O)N(C5CCC(=O)NC5=O)C6=O)CC4)c(F)c3)ncc2C(F)(F)F)c1)S(C)(=O)=O. The number of carbonyl (C=O) groups is 4. The highest BCUT2D eigenvalue weighted by molar-refractivity contribution is 7.92. The predicted molar refractivity (Wildman–Crippen MR) is 209 cm³/mol. The highest BCUT2D eigenvalue weighted by Gasteiger charge is 2.45. The Balaban J connectivity index is 0.936. The number of benzene rings is 3. The molecule has 1 atom stereocenters. The van der Waals surface area contributed by atoms with Gasteiger partial charge in [-0.2, -0.15) is 18.2 Å². The number of hydrogen-bond donors (Lipinski definition) is 4. The van der Waals surface area contributed by atoms with Crippen LogP contribution in [0, 0.1) is 5.82 Å². The van der Waals surface area contributed by atoms with Gasteiger partial charge >= 0.3 is 6.18 Å². The summed E-state index contributed by atoms with van der Waals surface area (Å²) >= 11 is 0. The molecule has 0 bridgehead atoms. The number of nitrogens with zero attached hydrogens (tertiary/aromatic N) is 5. The Morgan fingerprint density at radius 3 is 2.37 bits per heavy atom. The molecule has 0 saturated carbocycles. The third kappa shape index (κ3) is 8.97. The molecule has 7 rings (SSSR count). The van der Waals surface area contributed by atoms with E-state index in [9.17, 15) is 40.8 Å². The summed E-state index contributed by atoms with van der Waals surface area (Å²) in [6, 6.07) is 14.6. The summed E-state index contributed by atoms with van der Waals surface area (Å²) in [6.07, 6.45) is -1.65. The number of sulfonamides is 1. The van der Waals surface area contributed by atoms with E-state index in [-0.39, 0.29) is 54.7 Å². The summed E-state index contributed by atoms with van der Waals surface area (Å²) < 4.78 is 81.9. The molecule has 3 aliphatic heterocycles. The number of nitrogens with one attached hydrogen (secondary N) is 4. The van der Waals surface area contributed by atoms with Gasteiger partial charge < -0.3 is 20.9 Å². The van der Waals surface area contributed by atoms with E-state index < -0.39 is 63.1 Å². The van der Waals surface area contributed by atoms with E-state index >= 15 is 4.39 Å². The average molecular weight is 838 g/mol. The van der Waals surface area contributed by atoms with Crippen LogP contribution >= 0.6 is 0 Å². The molecule has 20 heteroatoms. The van der Waals surface area contributed by atoms with Crippen molar-refractivity contribution >= 4 is 62.5 Å². The summed E-state index contributed by atoms with van der Waals surface area (Å²) in [5, 5.41) is 11.0. The molecular weight excluding hydrogens is 799 g/mol. The summed E-state index contributed by atoms with van der Waals surface area (Å²) in [5.74, 6) is -3.57. The second-order valence-corrected chi connectivity index (χ2v) is 16.5. The Morgan fingerprint density at radius 1 is 0.932 bits per heavy atom. The topological polar surface area (TPSA) is 186 Å². The lowest BCUT2D eigenvalue weighted by Crippen LogP contribution is -2.54. The third-order valence-electron chi connectivity index (χ3n) is 10.5. The van der Waals surface area contributed by atoms with Crippen LogP contribution in [0.1, 0.15) is 63.1 Å². The summed E-state index contributed by atoms with van der Waals surface area (Å²) in [5.41, 5.74) is 1.41. The molecule has 4 heterocycles. The normalized spacial score (nSPS) is 17.6. The molecule has 310 valence electrons. The van der Waals surface area contributed by atoms with E-state index in [1.807, 2.05) is 0 Å². The first-order valence-electron chi connectivity index (χ1n) is 18.6. The first-order valence-corrected chi connectivity index (χ1v) is 20.4. The molecule has 1 unspecified atom stereocenters. The maximum Gasteiger partial charge on any atom is 0.421 e. The highest BCUT2D eigenvalue weighted by Crippen LogP contribution is 2.35. The molecule has 0 radical (unpaired) electrons. The lowest BCUT2D eigenvalue weighted by atomic mass is 10.0. The molecule has 4 aromatic rings. The first-order chi connectivity index (χ1) is 28.0. The molecule has 15 nitrogen and oxygen atoms in total. The molecule has 0 aliphatic carbocycles. The van der Waals surface area contributed by atoms with Crippen molar-refractivity contribution in [1.29, 1.82) is 0 Å². The zero-order chi connectivity index (χ0) is 42.2. The Hall–Kier alpha value is -6.15. The standard InChI is InChI=1S/C39H39F4N9O6S/c1-50(59(2,57)58)26-5-3-4-22(16-26)19-45-34-30(39(41,42)43)21-46-38(49-34)47-25-7-6-23(31(40)17-25)20-44-24-12-14-51(15-13-24)27-8-9-28-29(18-27)37(56)52(36(28)55)32-10-11-33(53)48-35(32)54/h3-9,16-18,21,24,32,44H,10-15,19-20H2,1-2H3,(H,48,53,54)(H2,45,46,47,49). The van der Waals surface area contributed by atoms with Gasteiger partial charge in [0.1, 0.15) is 23.2 Å². The van der Waals surface area contributed by atoms with E-state index in [4.69, 9.17) is 0 Å². The van der Waals surface area contributed by atoms with Crippen LogP contribution < -0.4 is 30.5 Å². The number of hydrogen-bond acceptors (Lipinski definition) is 12. The molecule has 3 aliphatic rings. The van der Waals surface area contributed by atoms with Gasteiger partial charge in [0.25, 0.3) is 11.8 Å². The predicted octanol–water partition coefficient (Wildman–Crippen LogP) is 4.55. The van der Waals surface area contributed by atoms with Crippen molar-refractivity contribution in [2.24, 2.45) is 0 Å². The van der Waals surface area contributed by atoms with Crippen molar-refractivity contribution < 1.29 is 45.2 Å². The second-order valence-electron chi connectivity index (χ2n) is 14.5. The van der Waals surface area contributed by atoms with Crippen LogP contribution in [0.5, 0.6) is 0 Å². The lowest BCUT2D eigenvalue weighted by Gasteiger charge is -2.34. The van der Waals surface area contributed by atoms with Crippen molar-refractivity contribution in [2.75, 3.05) is 46.2 Å². The highest BCUT2D eigenvalue weighted by atomic mass is 32.2. The number of amides is 4. The molecule has 2 saturated heterocycles. The number of halogens is 4. The summed E-state index contributed by atoms with van der Waals surface area (Å²) in [7, 11) is -2.20. The third-order valence-corrected chi connectivity index (χ3v) is 11.7. The Kier molecular flexibility index (Phi) is 11.3. The lowest BCUT2D eigenvalue weighted by molar-refractivity contribution is -0.138. The van der Waals surface area contributed by atoms with Gasteiger partial charge in [-0.3, -0.25) is 33.7 Å². The van der Waals surface area contributed by atoms with Crippen molar-refractivity contribution in [3.63, 3.8) is 0 Å². The molecule has 2 fully saturated rings. The van der Waals surface area contributed by atoms with E-state index in [1.54, 1.807) is 48.5 Å². The van der Waals surface area contributed by atoms with Crippen molar-refractivity contribution in [3.8, 4) is 0 Å². The van der Waals surface area contributed by atoms with E-state index in [0.29, 0.717) is 48.9 Å². The van der Waals surface area contributed by atoms with Crippen LogP contribution in [0.2, 0.25) is 0 Å². The van der Waals surface area contributed by atoms with Gasteiger partial charge in [0.2, 0.25) is 27.8 Å². The smallest absolute Gasteiger partial charge is 0.371 e. The maximum absolute atomic E-state index is 15.3. The Labute approximate surface area is 336 Å². The molecule has 59 heavy (non-hydrogen) atoms. The molecule has 3 aromatic carbocycles. The Bertz CT molecular complexity index is 2440. The van der Waals surface area contributed by atoms with Crippen molar-refractivity contribution in [3.05, 3.63) is 100 Å². The minimum absolute atomic E-state index is 0.0323. The van der Waals surface area contributed by atoms with Gasteiger partial charge in [0.15, 0.2) is 0 Å². The molecule has 4 amide bonds. The second kappa shape index (κ2) is 16.2. The van der Waals surface area contributed by atoms with Crippen LogP contribution in [0.4, 0.5) is 46.4 Å². The number of anilines is 5. The quantitative estimate of drug-likeness (QED) is 0.116. The van der Waals surface area contributed by atoms with Gasteiger partial charge in [0, 0.05) is 68.8 Å². The first kappa shape index (κ1) is 41.0. The minimum Gasteiger partial charge on any atom is -0.371 e. The van der Waals surface area contributed by atoms with Gasteiger partial charge in [-0.05, 0) is 67.3 Å². The van der Waals surface area contributed by atoms with E-state index in [1.165, 1.54) is 19.2 Å². The van der Waals surface area contributed by atoms with Gasteiger partial charge in [-0.1, -0.05) is 18.2 Å². The Morgan fingerprint density at radius 2 is 1.68 bits per heavy atom. The molecule has 4 N–H and O–H groups in total. The van der Waals surface area contributed by atoms with Crippen molar-refractivity contribution in [2.45, 2.75) is 57.0 Å². The van der Waals surface area contributed by atoms with E-state index in [0.717, 1.165) is 21.1 Å². The number of aromatic nitrogens is 2. The molecule has 1 aromatic heterocycles. The van der Waals surface area contributed by atoms with Gasteiger partial charge in [-0.15, -0.1) is 0 Å². The fourth-order valence-electron chi connectivity index (χ4n) is 7.17. The summed E-state index contributed by atoms with van der Waals surface area (Å²) in [6.45, 7) is 1.30.